The lowest BCUT2D eigenvalue weighted by Crippen LogP contribution is -2.07. The molecule has 0 radical (unpaired) electrons. The molecule has 0 amide bonds. The molecule has 106 valence electrons. The first-order valence-corrected chi connectivity index (χ1v) is 7.14. The fraction of sp³-hybridized carbons (Fsp3) is 0.333. The molecule has 0 aliphatic rings. The highest BCUT2D eigenvalue weighted by molar-refractivity contribution is 6.30. The first kappa shape index (κ1) is 14.6. The van der Waals surface area contributed by atoms with Crippen molar-refractivity contribution in [2.75, 3.05) is 17.2 Å². The molecule has 2 rings (SSSR count). The van der Waals surface area contributed by atoms with E-state index in [1.165, 1.54) is 0 Å². The molecule has 1 heterocycles. The topological polar surface area (TPSA) is 49.8 Å². The van der Waals surface area contributed by atoms with Crippen molar-refractivity contribution in [1.29, 1.82) is 0 Å². The van der Waals surface area contributed by atoms with Gasteiger partial charge >= 0.3 is 0 Å². The van der Waals surface area contributed by atoms with Crippen molar-refractivity contribution in [3.8, 4) is 0 Å². The van der Waals surface area contributed by atoms with E-state index >= 15 is 0 Å². The van der Waals surface area contributed by atoms with Gasteiger partial charge < -0.3 is 10.6 Å². The fourth-order valence-corrected chi connectivity index (χ4v) is 2.20. The van der Waals surface area contributed by atoms with Gasteiger partial charge in [0.2, 0.25) is 0 Å². The maximum absolute atomic E-state index is 6.05. The van der Waals surface area contributed by atoms with Gasteiger partial charge in [-0.3, -0.25) is 0 Å². The number of anilines is 3. The second-order valence-electron chi connectivity index (χ2n) is 4.52. The van der Waals surface area contributed by atoms with Gasteiger partial charge in [0.05, 0.1) is 0 Å². The summed E-state index contributed by atoms with van der Waals surface area (Å²) in [6.45, 7) is 7.02. The van der Waals surface area contributed by atoms with E-state index in [0.29, 0.717) is 5.02 Å². The Labute approximate surface area is 124 Å². The van der Waals surface area contributed by atoms with Crippen LogP contribution < -0.4 is 10.6 Å². The first-order valence-electron chi connectivity index (χ1n) is 6.76. The average Bonchev–Trinajstić information content (AvgIpc) is 2.43. The Kier molecular flexibility index (Phi) is 4.79. The maximum Gasteiger partial charge on any atom is 0.139 e. The van der Waals surface area contributed by atoms with Crippen LogP contribution in [-0.4, -0.2) is 16.5 Å². The van der Waals surface area contributed by atoms with Gasteiger partial charge in [-0.15, -0.1) is 0 Å². The molecular weight excluding hydrogens is 272 g/mol. The predicted octanol–water partition coefficient (Wildman–Crippen LogP) is 4.18. The Morgan fingerprint density at radius 3 is 2.60 bits per heavy atom. The average molecular weight is 291 g/mol. The molecule has 4 nitrogen and oxygen atoms in total. The third kappa shape index (κ3) is 3.20. The van der Waals surface area contributed by atoms with Crippen molar-refractivity contribution in [3.05, 3.63) is 40.7 Å². The summed E-state index contributed by atoms with van der Waals surface area (Å²) in [5.74, 6) is 1.70. The molecular formula is C15H19ClN4. The molecule has 0 fully saturated rings. The van der Waals surface area contributed by atoms with Crippen LogP contribution in [0.1, 0.15) is 25.0 Å². The van der Waals surface area contributed by atoms with Crippen LogP contribution in [0.5, 0.6) is 0 Å². The molecule has 0 spiro atoms. The molecule has 0 aliphatic carbocycles. The number of aryl methyl sites for hydroxylation is 1. The Morgan fingerprint density at radius 2 is 1.90 bits per heavy atom. The molecule has 2 N–H and O–H groups in total. The largest absolute Gasteiger partial charge is 0.370 e. The molecule has 20 heavy (non-hydrogen) atoms. The summed E-state index contributed by atoms with van der Waals surface area (Å²) in [6.07, 6.45) is 2.42. The zero-order valence-electron chi connectivity index (χ0n) is 12.0. The van der Waals surface area contributed by atoms with E-state index in [4.69, 9.17) is 11.6 Å². The van der Waals surface area contributed by atoms with Crippen LogP contribution in [0.15, 0.2) is 24.5 Å². The van der Waals surface area contributed by atoms with E-state index in [0.717, 1.165) is 41.4 Å². The summed E-state index contributed by atoms with van der Waals surface area (Å²) in [4.78, 5) is 8.65. The number of nitrogens with one attached hydrogen (secondary N) is 2. The van der Waals surface area contributed by atoms with E-state index in [2.05, 4.69) is 34.4 Å². The van der Waals surface area contributed by atoms with Crippen LogP contribution in [0, 0.1) is 6.92 Å². The molecule has 0 unspecified atom stereocenters. The van der Waals surface area contributed by atoms with E-state index in [-0.39, 0.29) is 0 Å². The van der Waals surface area contributed by atoms with Crippen LogP contribution in [0.4, 0.5) is 17.3 Å². The number of rotatable bonds is 5. The standard InChI is InChI=1S/C15H19ClN4/c1-4-12-14(17-5-2)18-9-19-15(12)20-13-8-11(16)7-6-10(13)3/h6-9H,4-5H2,1-3H3,(H2,17,18,19,20). The molecule has 1 aromatic carbocycles. The number of aromatic nitrogens is 2. The second-order valence-corrected chi connectivity index (χ2v) is 4.95. The highest BCUT2D eigenvalue weighted by atomic mass is 35.5. The van der Waals surface area contributed by atoms with Gasteiger partial charge in [0.1, 0.15) is 18.0 Å². The van der Waals surface area contributed by atoms with Crippen LogP contribution in [0.2, 0.25) is 5.02 Å². The lowest BCUT2D eigenvalue weighted by atomic mass is 10.1. The van der Waals surface area contributed by atoms with Crippen molar-refractivity contribution in [1.82, 2.24) is 9.97 Å². The molecule has 0 bridgehead atoms. The van der Waals surface area contributed by atoms with Gasteiger partial charge in [0.25, 0.3) is 0 Å². The zero-order valence-corrected chi connectivity index (χ0v) is 12.8. The number of benzene rings is 1. The second kappa shape index (κ2) is 6.57. The van der Waals surface area contributed by atoms with Crippen LogP contribution in [0.3, 0.4) is 0 Å². The summed E-state index contributed by atoms with van der Waals surface area (Å²) in [6, 6.07) is 5.78. The smallest absolute Gasteiger partial charge is 0.139 e. The molecule has 5 heteroatoms. The first-order chi connectivity index (χ1) is 9.65. The van der Waals surface area contributed by atoms with Gasteiger partial charge in [-0.2, -0.15) is 0 Å². The zero-order chi connectivity index (χ0) is 14.5. The van der Waals surface area contributed by atoms with E-state index < -0.39 is 0 Å². The van der Waals surface area contributed by atoms with Gasteiger partial charge in [-0.05, 0) is 38.0 Å². The van der Waals surface area contributed by atoms with Crippen molar-refractivity contribution in [2.45, 2.75) is 27.2 Å². The van der Waals surface area contributed by atoms with E-state index in [9.17, 15) is 0 Å². The molecule has 0 atom stereocenters. The summed E-state index contributed by atoms with van der Waals surface area (Å²) in [5, 5.41) is 7.32. The lowest BCUT2D eigenvalue weighted by Gasteiger charge is -2.15. The fourth-order valence-electron chi connectivity index (χ4n) is 2.03. The predicted molar refractivity (Wildman–Crippen MR) is 85.0 cm³/mol. The van der Waals surface area contributed by atoms with Gasteiger partial charge in [0, 0.05) is 22.8 Å². The summed E-state index contributed by atoms with van der Waals surface area (Å²) in [5.41, 5.74) is 3.17. The van der Waals surface area contributed by atoms with Crippen molar-refractivity contribution in [2.24, 2.45) is 0 Å². The normalized spacial score (nSPS) is 10.4. The Bertz CT molecular complexity index is 598. The van der Waals surface area contributed by atoms with Gasteiger partial charge in [0.15, 0.2) is 0 Å². The minimum Gasteiger partial charge on any atom is -0.370 e. The van der Waals surface area contributed by atoms with Gasteiger partial charge in [-0.25, -0.2) is 9.97 Å². The highest BCUT2D eigenvalue weighted by Crippen LogP contribution is 2.27. The maximum atomic E-state index is 6.05. The SMILES string of the molecule is CCNc1ncnc(Nc2cc(Cl)ccc2C)c1CC. The Hall–Kier alpha value is -1.81. The van der Waals surface area contributed by atoms with E-state index in [1.54, 1.807) is 6.33 Å². The monoisotopic (exact) mass is 290 g/mol. The van der Waals surface area contributed by atoms with E-state index in [1.807, 2.05) is 25.1 Å². The summed E-state index contributed by atoms with van der Waals surface area (Å²) >= 11 is 6.05. The summed E-state index contributed by atoms with van der Waals surface area (Å²) < 4.78 is 0. The minimum atomic E-state index is 0.706. The van der Waals surface area contributed by atoms with Crippen LogP contribution in [0.25, 0.3) is 0 Å². The molecule has 1 aromatic heterocycles. The number of hydrogen-bond donors (Lipinski definition) is 2. The van der Waals surface area contributed by atoms with Crippen molar-refractivity contribution >= 4 is 28.9 Å². The highest BCUT2D eigenvalue weighted by Gasteiger charge is 2.10. The lowest BCUT2D eigenvalue weighted by molar-refractivity contribution is 1.03. The molecule has 0 aliphatic heterocycles. The minimum absolute atomic E-state index is 0.706. The Morgan fingerprint density at radius 1 is 1.15 bits per heavy atom. The number of halogens is 1. The third-order valence-corrected chi connectivity index (χ3v) is 3.33. The van der Waals surface area contributed by atoms with Crippen LogP contribution >= 0.6 is 11.6 Å². The third-order valence-electron chi connectivity index (χ3n) is 3.10. The molecule has 0 saturated heterocycles. The van der Waals surface area contributed by atoms with Crippen molar-refractivity contribution < 1.29 is 0 Å². The molecule has 0 saturated carbocycles. The van der Waals surface area contributed by atoms with Crippen LogP contribution in [-0.2, 0) is 6.42 Å². The molecule has 2 aromatic rings. The van der Waals surface area contributed by atoms with Gasteiger partial charge in [-0.1, -0.05) is 24.6 Å². The quantitative estimate of drug-likeness (QED) is 0.867. The van der Waals surface area contributed by atoms with Crippen molar-refractivity contribution in [3.63, 3.8) is 0 Å². The summed E-state index contributed by atoms with van der Waals surface area (Å²) in [7, 11) is 0. The number of hydrogen-bond acceptors (Lipinski definition) is 4. The Balaban J connectivity index is 2.37. The number of nitrogens with zero attached hydrogens (tertiary/aromatic N) is 2.